The van der Waals surface area contributed by atoms with E-state index < -0.39 is 0 Å². The van der Waals surface area contributed by atoms with E-state index in [9.17, 15) is 4.79 Å². The van der Waals surface area contributed by atoms with Crippen LogP contribution in [-0.2, 0) is 6.42 Å². The van der Waals surface area contributed by atoms with Crippen LogP contribution in [0.2, 0.25) is 0 Å². The molecule has 1 aliphatic carbocycles. The fourth-order valence-corrected chi connectivity index (χ4v) is 4.24. The summed E-state index contributed by atoms with van der Waals surface area (Å²) in [5.41, 5.74) is 4.05. The summed E-state index contributed by atoms with van der Waals surface area (Å²) in [4.78, 5) is 12.1. The molecule has 3 rings (SSSR count). The summed E-state index contributed by atoms with van der Waals surface area (Å²) >= 11 is 7.11. The molecule has 1 aromatic heterocycles. The van der Waals surface area contributed by atoms with Gasteiger partial charge in [-0.1, -0.05) is 0 Å². The third kappa shape index (κ3) is 2.46. The van der Waals surface area contributed by atoms with Gasteiger partial charge in [0.15, 0.2) is 5.78 Å². The van der Waals surface area contributed by atoms with Crippen LogP contribution in [-0.4, -0.2) is 17.5 Å². The van der Waals surface area contributed by atoms with E-state index in [0.717, 1.165) is 50.2 Å². The van der Waals surface area contributed by atoms with Gasteiger partial charge >= 0.3 is 0 Å². The zero-order valence-corrected chi connectivity index (χ0v) is 15.0. The van der Waals surface area contributed by atoms with Gasteiger partial charge in [-0.3, -0.25) is 4.79 Å². The molecule has 0 spiro atoms. The molecule has 110 valence electrons. The molecule has 0 unspecified atom stereocenters. The summed E-state index contributed by atoms with van der Waals surface area (Å²) in [5.74, 6) is 1.02. The van der Waals surface area contributed by atoms with Crippen LogP contribution in [0.4, 0.5) is 0 Å². The second-order valence-corrected chi connectivity index (χ2v) is 6.91. The number of aromatic nitrogens is 1. The second kappa shape index (κ2) is 5.61. The molecule has 21 heavy (non-hydrogen) atoms. The van der Waals surface area contributed by atoms with Crippen molar-refractivity contribution < 1.29 is 9.53 Å². The van der Waals surface area contributed by atoms with Crippen molar-refractivity contribution in [1.82, 2.24) is 4.57 Å². The number of hydrogen-bond acceptors (Lipinski definition) is 2. The van der Waals surface area contributed by atoms with Crippen LogP contribution < -0.4 is 4.74 Å². The number of Topliss-reactive ketones (excluding diaryl/α,β-unsaturated/α-hetero) is 1. The number of hydrogen-bond donors (Lipinski definition) is 0. The quantitative estimate of drug-likeness (QED) is 0.706. The summed E-state index contributed by atoms with van der Waals surface area (Å²) in [5, 5.41) is 0. The summed E-state index contributed by atoms with van der Waals surface area (Å²) in [6.07, 6.45) is 2.50. The Bertz CT molecular complexity index is 734. The smallest absolute Gasteiger partial charge is 0.164 e. The van der Waals surface area contributed by atoms with Gasteiger partial charge in [-0.2, -0.15) is 0 Å². The minimum Gasteiger partial charge on any atom is -0.495 e. The molecule has 0 fully saturated rings. The molecule has 0 radical (unpaired) electrons. The number of carbonyl (C=O) groups is 1. The van der Waals surface area contributed by atoms with Crippen molar-refractivity contribution in [3.8, 4) is 11.4 Å². The van der Waals surface area contributed by atoms with Crippen LogP contribution in [0, 0.1) is 6.92 Å². The molecule has 0 saturated carbocycles. The maximum Gasteiger partial charge on any atom is 0.164 e. The second-order valence-electron chi connectivity index (χ2n) is 5.20. The maximum atomic E-state index is 12.1. The van der Waals surface area contributed by atoms with E-state index in [4.69, 9.17) is 4.74 Å². The lowest BCUT2D eigenvalue weighted by atomic mass is 9.96. The fraction of sp³-hybridized carbons (Fsp3) is 0.312. The first-order chi connectivity index (χ1) is 10.0. The zero-order valence-electron chi connectivity index (χ0n) is 11.9. The molecule has 1 aromatic carbocycles. The monoisotopic (exact) mass is 411 g/mol. The highest BCUT2D eigenvalue weighted by Gasteiger charge is 2.24. The average molecular weight is 413 g/mol. The van der Waals surface area contributed by atoms with E-state index >= 15 is 0 Å². The lowest BCUT2D eigenvalue weighted by Crippen LogP contribution is -2.13. The van der Waals surface area contributed by atoms with Gasteiger partial charge in [0.1, 0.15) is 5.75 Å². The maximum absolute atomic E-state index is 12.1. The van der Waals surface area contributed by atoms with Crippen molar-refractivity contribution in [3.05, 3.63) is 44.1 Å². The van der Waals surface area contributed by atoms with Gasteiger partial charge in [-0.15, -0.1) is 0 Å². The number of carbonyl (C=O) groups excluding carboxylic acids is 1. The molecule has 0 aliphatic heterocycles. The summed E-state index contributed by atoms with van der Waals surface area (Å²) in [7, 11) is 1.65. The van der Waals surface area contributed by atoms with Gasteiger partial charge in [0.25, 0.3) is 0 Å². The Kier molecular flexibility index (Phi) is 3.97. The molecular formula is C16H15Br2NO2. The SMILES string of the molecule is COc1cc(-n2c(C)cc3c2CCCC3=O)c(Br)cc1Br. The standard InChI is InChI=1S/C16H15Br2NO2/c1-9-6-10-13(4-3-5-15(10)20)19(9)14-8-16(21-2)12(18)7-11(14)17/h6-8H,3-5H2,1-2H3. The van der Waals surface area contributed by atoms with E-state index in [1.54, 1.807) is 7.11 Å². The van der Waals surface area contributed by atoms with Crippen LogP contribution in [0.3, 0.4) is 0 Å². The Balaban J connectivity index is 2.24. The van der Waals surface area contributed by atoms with E-state index in [1.807, 2.05) is 25.1 Å². The molecule has 0 bridgehead atoms. The van der Waals surface area contributed by atoms with Crippen molar-refractivity contribution >= 4 is 37.6 Å². The largest absolute Gasteiger partial charge is 0.495 e. The van der Waals surface area contributed by atoms with Gasteiger partial charge < -0.3 is 9.30 Å². The highest BCUT2D eigenvalue weighted by Crippen LogP contribution is 2.36. The first-order valence-electron chi connectivity index (χ1n) is 6.80. The third-order valence-electron chi connectivity index (χ3n) is 3.87. The topological polar surface area (TPSA) is 31.2 Å². The molecule has 0 atom stereocenters. The molecule has 3 nitrogen and oxygen atoms in total. The first-order valence-corrected chi connectivity index (χ1v) is 8.39. The third-order valence-corrected chi connectivity index (χ3v) is 5.12. The number of rotatable bonds is 2. The van der Waals surface area contributed by atoms with Crippen LogP contribution in [0.15, 0.2) is 27.1 Å². The first kappa shape index (κ1) is 14.9. The van der Waals surface area contributed by atoms with E-state index in [0.29, 0.717) is 6.42 Å². The minimum absolute atomic E-state index is 0.248. The van der Waals surface area contributed by atoms with E-state index in [2.05, 4.69) is 36.4 Å². The summed E-state index contributed by atoms with van der Waals surface area (Å²) < 4.78 is 9.42. The number of halogens is 2. The number of nitrogens with zero attached hydrogens (tertiary/aromatic N) is 1. The fourth-order valence-electron chi connectivity index (χ4n) is 2.91. The molecule has 1 heterocycles. The van der Waals surface area contributed by atoms with E-state index in [-0.39, 0.29) is 5.78 Å². The van der Waals surface area contributed by atoms with Gasteiger partial charge in [-0.05, 0) is 63.8 Å². The van der Waals surface area contributed by atoms with Gasteiger partial charge in [0, 0.05) is 33.9 Å². The molecule has 0 saturated heterocycles. The molecular weight excluding hydrogens is 398 g/mol. The van der Waals surface area contributed by atoms with Crippen molar-refractivity contribution in [2.45, 2.75) is 26.2 Å². The van der Waals surface area contributed by atoms with Gasteiger partial charge in [-0.25, -0.2) is 0 Å². The Morgan fingerprint density at radius 1 is 1.14 bits per heavy atom. The van der Waals surface area contributed by atoms with Gasteiger partial charge in [0.05, 0.1) is 17.3 Å². The average Bonchev–Trinajstić information content (AvgIpc) is 2.77. The Labute approximate surface area is 140 Å². The number of methoxy groups -OCH3 is 1. The Morgan fingerprint density at radius 2 is 1.90 bits per heavy atom. The minimum atomic E-state index is 0.248. The predicted molar refractivity (Wildman–Crippen MR) is 89.7 cm³/mol. The zero-order chi connectivity index (χ0) is 15.1. The molecule has 5 heteroatoms. The number of benzene rings is 1. The molecule has 2 aromatic rings. The molecule has 1 aliphatic rings. The van der Waals surface area contributed by atoms with Gasteiger partial charge in [0.2, 0.25) is 0 Å². The highest BCUT2D eigenvalue weighted by molar-refractivity contribution is 9.11. The van der Waals surface area contributed by atoms with Crippen LogP contribution in [0.1, 0.15) is 34.6 Å². The van der Waals surface area contributed by atoms with E-state index in [1.165, 1.54) is 0 Å². The van der Waals surface area contributed by atoms with Crippen molar-refractivity contribution in [3.63, 3.8) is 0 Å². The lowest BCUT2D eigenvalue weighted by molar-refractivity contribution is 0.0972. The number of fused-ring (bicyclic) bond motifs is 1. The highest BCUT2D eigenvalue weighted by atomic mass is 79.9. The van der Waals surface area contributed by atoms with Crippen LogP contribution in [0.5, 0.6) is 5.75 Å². The molecule has 0 amide bonds. The predicted octanol–water partition coefficient (Wildman–Crippen LogP) is 4.84. The summed E-state index contributed by atoms with van der Waals surface area (Å²) in [6.45, 7) is 2.03. The lowest BCUT2D eigenvalue weighted by Gasteiger charge is -2.18. The van der Waals surface area contributed by atoms with Crippen molar-refractivity contribution in [2.24, 2.45) is 0 Å². The molecule has 0 N–H and O–H groups in total. The van der Waals surface area contributed by atoms with Crippen molar-refractivity contribution in [2.75, 3.05) is 7.11 Å². The van der Waals surface area contributed by atoms with Crippen LogP contribution >= 0.6 is 31.9 Å². The normalized spacial score (nSPS) is 14.2. The number of aryl methyl sites for hydroxylation is 1. The number of ether oxygens (including phenoxy) is 1. The number of ketones is 1. The Morgan fingerprint density at radius 3 is 2.62 bits per heavy atom. The summed E-state index contributed by atoms with van der Waals surface area (Å²) in [6, 6.07) is 5.96. The van der Waals surface area contributed by atoms with Crippen molar-refractivity contribution in [1.29, 1.82) is 0 Å². The Hall–Kier alpha value is -1.07. The van der Waals surface area contributed by atoms with Crippen LogP contribution in [0.25, 0.3) is 5.69 Å².